The van der Waals surface area contributed by atoms with Crippen molar-refractivity contribution in [3.05, 3.63) is 41.5 Å². The highest BCUT2D eigenvalue weighted by atomic mass is 32.2. The van der Waals surface area contributed by atoms with E-state index in [9.17, 15) is 13.2 Å². The Balaban J connectivity index is 1.54. The second-order valence-corrected chi connectivity index (χ2v) is 8.03. The van der Waals surface area contributed by atoms with Crippen LogP contribution in [0, 0.1) is 13.8 Å². The van der Waals surface area contributed by atoms with Gasteiger partial charge in [0.25, 0.3) is 0 Å². The normalized spacial score (nSPS) is 15.8. The van der Waals surface area contributed by atoms with Gasteiger partial charge in [-0.2, -0.15) is 9.29 Å². The molecule has 2 amide bonds. The van der Waals surface area contributed by atoms with E-state index in [1.165, 1.54) is 4.31 Å². The van der Waals surface area contributed by atoms with E-state index in [1.807, 2.05) is 6.92 Å². The Bertz CT molecular complexity index is 870. The molecule has 0 spiro atoms. The Labute approximate surface area is 152 Å². The lowest BCUT2D eigenvalue weighted by Crippen LogP contribution is -2.53. The fourth-order valence-electron chi connectivity index (χ4n) is 2.67. The van der Waals surface area contributed by atoms with E-state index in [0.29, 0.717) is 24.8 Å². The molecule has 2 aromatic rings. The van der Waals surface area contributed by atoms with Gasteiger partial charge in [0.2, 0.25) is 15.9 Å². The number of amides is 2. The molecule has 140 valence electrons. The fraction of sp³-hybridized carbons (Fsp3) is 0.438. The second kappa shape index (κ2) is 7.42. The Hall–Kier alpha value is -2.46. The van der Waals surface area contributed by atoms with Crippen LogP contribution in [-0.2, 0) is 16.6 Å². The second-order valence-electron chi connectivity index (χ2n) is 6.09. The van der Waals surface area contributed by atoms with E-state index in [-0.39, 0.29) is 30.6 Å². The predicted molar refractivity (Wildman–Crippen MR) is 92.8 cm³/mol. The van der Waals surface area contributed by atoms with Crippen LogP contribution in [0.15, 0.2) is 33.7 Å². The summed E-state index contributed by atoms with van der Waals surface area (Å²) in [5.74, 6) is 0.834. The van der Waals surface area contributed by atoms with Gasteiger partial charge >= 0.3 is 6.03 Å². The zero-order valence-electron chi connectivity index (χ0n) is 14.7. The van der Waals surface area contributed by atoms with Crippen LogP contribution in [0.5, 0.6) is 0 Å². The summed E-state index contributed by atoms with van der Waals surface area (Å²) in [6, 6.07) is 6.49. The van der Waals surface area contributed by atoms with Gasteiger partial charge < -0.3 is 14.7 Å². The number of nitrogens with one attached hydrogen (secondary N) is 1. The van der Waals surface area contributed by atoms with Crippen molar-refractivity contribution in [1.29, 1.82) is 0 Å². The third-order valence-electron chi connectivity index (χ3n) is 4.15. The minimum absolute atomic E-state index is 0.165. The molecule has 1 N–H and O–H groups in total. The SMILES string of the molecule is Cc1ccc(S(=O)(=O)N2CCN(C(=O)NCc3noc(C)n3)CC2)cc1. The maximum absolute atomic E-state index is 12.7. The van der Waals surface area contributed by atoms with Gasteiger partial charge in [-0.25, -0.2) is 13.2 Å². The highest BCUT2D eigenvalue weighted by molar-refractivity contribution is 7.89. The van der Waals surface area contributed by atoms with Crippen molar-refractivity contribution in [2.45, 2.75) is 25.3 Å². The van der Waals surface area contributed by atoms with Gasteiger partial charge in [-0.05, 0) is 19.1 Å². The first kappa shape index (κ1) is 18.3. The van der Waals surface area contributed by atoms with E-state index >= 15 is 0 Å². The summed E-state index contributed by atoms with van der Waals surface area (Å²) in [7, 11) is -3.54. The number of urea groups is 1. The van der Waals surface area contributed by atoms with Gasteiger partial charge in [0.1, 0.15) is 0 Å². The number of aromatic nitrogens is 2. The van der Waals surface area contributed by atoms with Crippen LogP contribution < -0.4 is 5.32 Å². The zero-order chi connectivity index (χ0) is 18.7. The summed E-state index contributed by atoms with van der Waals surface area (Å²) in [4.78, 5) is 18.1. The van der Waals surface area contributed by atoms with Crippen LogP contribution >= 0.6 is 0 Å². The number of rotatable bonds is 4. The molecular weight excluding hydrogens is 358 g/mol. The summed E-state index contributed by atoms with van der Waals surface area (Å²) >= 11 is 0. The van der Waals surface area contributed by atoms with Gasteiger partial charge in [0, 0.05) is 33.1 Å². The van der Waals surface area contributed by atoms with Crippen LogP contribution in [0.3, 0.4) is 0 Å². The summed E-state index contributed by atoms with van der Waals surface area (Å²) < 4.78 is 31.6. The lowest BCUT2D eigenvalue weighted by atomic mass is 10.2. The Kier molecular flexibility index (Phi) is 5.23. The van der Waals surface area contributed by atoms with Crippen molar-refractivity contribution in [1.82, 2.24) is 24.7 Å². The van der Waals surface area contributed by atoms with E-state index in [1.54, 1.807) is 36.1 Å². The highest BCUT2D eigenvalue weighted by Crippen LogP contribution is 2.18. The van der Waals surface area contributed by atoms with E-state index in [0.717, 1.165) is 5.56 Å². The molecule has 10 heteroatoms. The van der Waals surface area contributed by atoms with Gasteiger partial charge in [0.05, 0.1) is 11.4 Å². The molecule has 1 fully saturated rings. The first-order valence-corrected chi connectivity index (χ1v) is 9.69. The third-order valence-corrected chi connectivity index (χ3v) is 6.06. The molecule has 26 heavy (non-hydrogen) atoms. The predicted octanol–water partition coefficient (Wildman–Crippen LogP) is 0.903. The average molecular weight is 379 g/mol. The third kappa shape index (κ3) is 4.02. The maximum Gasteiger partial charge on any atom is 0.317 e. The van der Waals surface area contributed by atoms with Crippen molar-refractivity contribution in [3.63, 3.8) is 0 Å². The highest BCUT2D eigenvalue weighted by Gasteiger charge is 2.30. The molecule has 1 saturated heterocycles. The fourth-order valence-corrected chi connectivity index (χ4v) is 4.09. The molecule has 1 aromatic heterocycles. The van der Waals surface area contributed by atoms with Gasteiger partial charge in [0.15, 0.2) is 5.82 Å². The average Bonchev–Trinajstić information content (AvgIpc) is 3.05. The molecule has 0 unspecified atom stereocenters. The van der Waals surface area contributed by atoms with Crippen LogP contribution in [0.25, 0.3) is 0 Å². The van der Waals surface area contributed by atoms with Crippen molar-refractivity contribution in [2.24, 2.45) is 0 Å². The van der Waals surface area contributed by atoms with Crippen LogP contribution in [0.1, 0.15) is 17.3 Å². The van der Waals surface area contributed by atoms with Gasteiger partial charge in [-0.15, -0.1) is 0 Å². The maximum atomic E-state index is 12.7. The van der Waals surface area contributed by atoms with E-state index < -0.39 is 10.0 Å². The molecule has 0 radical (unpaired) electrons. The molecule has 1 aliphatic heterocycles. The smallest absolute Gasteiger partial charge is 0.317 e. The Morgan fingerprint density at radius 3 is 2.38 bits per heavy atom. The number of hydrogen-bond donors (Lipinski definition) is 1. The van der Waals surface area contributed by atoms with E-state index in [2.05, 4.69) is 15.5 Å². The number of hydrogen-bond acceptors (Lipinski definition) is 6. The number of carbonyl (C=O) groups excluding carboxylic acids is 1. The molecule has 0 saturated carbocycles. The minimum atomic E-state index is -3.54. The topological polar surface area (TPSA) is 109 Å². The number of aryl methyl sites for hydroxylation is 2. The summed E-state index contributed by atoms with van der Waals surface area (Å²) in [5.41, 5.74) is 1.00. The lowest BCUT2D eigenvalue weighted by molar-refractivity contribution is 0.171. The summed E-state index contributed by atoms with van der Waals surface area (Å²) in [6.07, 6.45) is 0. The molecule has 9 nitrogen and oxygen atoms in total. The number of piperazine rings is 1. The summed E-state index contributed by atoms with van der Waals surface area (Å²) in [6.45, 7) is 4.90. The zero-order valence-corrected chi connectivity index (χ0v) is 15.5. The molecule has 1 aromatic carbocycles. The quantitative estimate of drug-likeness (QED) is 0.845. The lowest BCUT2D eigenvalue weighted by Gasteiger charge is -2.33. The van der Waals surface area contributed by atoms with Gasteiger partial charge in [-0.1, -0.05) is 22.9 Å². The largest absolute Gasteiger partial charge is 0.340 e. The molecule has 0 aliphatic carbocycles. The Morgan fingerprint density at radius 1 is 1.15 bits per heavy atom. The first-order chi connectivity index (χ1) is 12.4. The molecule has 0 bridgehead atoms. The van der Waals surface area contributed by atoms with Crippen molar-refractivity contribution < 1.29 is 17.7 Å². The molecular formula is C16H21N5O4S. The van der Waals surface area contributed by atoms with E-state index in [4.69, 9.17) is 4.52 Å². The molecule has 3 rings (SSSR count). The Morgan fingerprint density at radius 2 is 1.81 bits per heavy atom. The first-order valence-electron chi connectivity index (χ1n) is 8.25. The molecule has 1 aliphatic rings. The van der Waals surface area contributed by atoms with Crippen molar-refractivity contribution in [2.75, 3.05) is 26.2 Å². The van der Waals surface area contributed by atoms with Crippen LogP contribution in [0.4, 0.5) is 4.79 Å². The standard InChI is InChI=1S/C16H21N5O4S/c1-12-3-5-14(6-4-12)26(23,24)21-9-7-20(8-10-21)16(22)17-11-15-18-13(2)25-19-15/h3-6H,7-11H2,1-2H3,(H,17,22). The monoisotopic (exact) mass is 379 g/mol. The van der Waals surface area contributed by atoms with Crippen molar-refractivity contribution in [3.8, 4) is 0 Å². The number of sulfonamides is 1. The molecule has 0 atom stereocenters. The molecule has 2 heterocycles. The van der Waals surface area contributed by atoms with Crippen LogP contribution in [0.2, 0.25) is 0 Å². The summed E-state index contributed by atoms with van der Waals surface area (Å²) in [5, 5.41) is 6.42. The van der Waals surface area contributed by atoms with Gasteiger partial charge in [-0.3, -0.25) is 0 Å². The number of nitrogens with zero attached hydrogens (tertiary/aromatic N) is 4. The van der Waals surface area contributed by atoms with Crippen molar-refractivity contribution >= 4 is 16.1 Å². The number of benzene rings is 1. The number of carbonyl (C=O) groups is 1. The minimum Gasteiger partial charge on any atom is -0.340 e. The van der Waals surface area contributed by atoms with Crippen LogP contribution in [-0.4, -0.2) is 60.0 Å².